The van der Waals surface area contributed by atoms with Crippen molar-refractivity contribution in [2.75, 3.05) is 13.1 Å². The van der Waals surface area contributed by atoms with Crippen LogP contribution < -0.4 is 3.30 Å². The van der Waals surface area contributed by atoms with Crippen LogP contribution in [0.2, 0.25) is 0 Å². The Morgan fingerprint density at radius 2 is 2.80 bits per heavy atom. The van der Waals surface area contributed by atoms with E-state index in [1.165, 1.54) is 6.54 Å². The molecule has 0 aromatic rings. The minimum absolute atomic E-state index is 0.434. The quantitative estimate of drug-likeness (QED) is 0.517. The second-order valence-corrected chi connectivity index (χ2v) is 3.93. The molecule has 0 spiro atoms. The van der Waals surface area contributed by atoms with Gasteiger partial charge in [-0.2, -0.15) is 0 Å². The van der Waals surface area contributed by atoms with E-state index in [2.05, 4.69) is 6.22 Å². The van der Waals surface area contributed by atoms with Gasteiger partial charge in [-0.3, -0.25) is 0 Å². The van der Waals surface area contributed by atoms with Gasteiger partial charge in [-0.05, 0) is 0 Å². The molecule has 5 heavy (non-hydrogen) atoms. The molecule has 1 aliphatic heterocycles. The predicted molar refractivity (Wildman–Crippen MR) is 21.1 cm³/mol. The van der Waals surface area contributed by atoms with Crippen LogP contribution in [0.4, 0.5) is 0 Å². The molecule has 0 aliphatic carbocycles. The summed E-state index contributed by atoms with van der Waals surface area (Å²) in [5.41, 5.74) is 0. The van der Waals surface area contributed by atoms with Gasteiger partial charge < -0.3 is 0 Å². The van der Waals surface area contributed by atoms with Crippen molar-refractivity contribution in [2.45, 2.75) is 0 Å². The van der Waals surface area contributed by atoms with Gasteiger partial charge in [0.2, 0.25) is 0 Å². The summed E-state index contributed by atoms with van der Waals surface area (Å²) in [6, 6.07) is 0. The Labute approximate surface area is 42.6 Å². The van der Waals surface area contributed by atoms with E-state index in [1.807, 2.05) is 0 Å². The molecule has 0 saturated heterocycles. The van der Waals surface area contributed by atoms with Gasteiger partial charge in [0.15, 0.2) is 0 Å². The molecule has 1 N–H and O–H groups in total. The molecule has 0 amide bonds. The fraction of sp³-hybridized carbons (Fsp3) is 1.00. The molecular formula is C2H5InN2. The van der Waals surface area contributed by atoms with E-state index < -0.39 is 23.0 Å². The molecule has 1 rings (SSSR count). The summed E-state index contributed by atoms with van der Waals surface area (Å²) < 4.78 is 7.41. The van der Waals surface area contributed by atoms with Crippen molar-refractivity contribution in [1.82, 2.24) is 3.30 Å². The molecule has 0 fully saturated rings. The topological polar surface area (TPSA) is 24.4 Å². The Hall–Kier alpha value is 0.470. The fourth-order valence-corrected chi connectivity index (χ4v) is 2.17. The second-order valence-electron chi connectivity index (χ2n) is 0.989. The van der Waals surface area contributed by atoms with Crippen molar-refractivity contribution in [3.8, 4) is 0 Å². The number of nitrogens with one attached hydrogen (secondary N) is 1. The molecule has 1 heterocycles. The summed E-state index contributed by atoms with van der Waals surface area (Å²) >= 11 is -0.434. The number of rotatable bonds is 0. The van der Waals surface area contributed by atoms with E-state index in [-0.39, 0.29) is 0 Å². The van der Waals surface area contributed by atoms with E-state index >= 15 is 0 Å². The molecule has 3 heteroatoms. The first kappa shape index (κ1) is 3.65. The van der Waals surface area contributed by atoms with Crippen molar-refractivity contribution in [1.29, 1.82) is 0 Å². The van der Waals surface area contributed by atoms with Crippen LogP contribution in [0.3, 0.4) is 0 Å². The van der Waals surface area contributed by atoms with Crippen LogP contribution in [0.15, 0.2) is 2.92 Å². The molecule has 2 nitrogen and oxygen atoms in total. The summed E-state index contributed by atoms with van der Waals surface area (Å²) in [4.78, 5) is 0. The summed E-state index contributed by atoms with van der Waals surface area (Å²) in [5.74, 6) is 0. The predicted octanol–water partition coefficient (Wildman–Crippen LogP) is -0.608. The summed E-state index contributed by atoms with van der Waals surface area (Å²) in [5, 5.41) is 0. The Bertz CT molecular complexity index is 45.6. The zero-order valence-electron chi connectivity index (χ0n) is 2.94. The van der Waals surface area contributed by atoms with E-state index in [4.69, 9.17) is 0 Å². The average molecular weight is 172 g/mol. The second kappa shape index (κ2) is 1.80. The first-order valence-electron chi connectivity index (χ1n) is 1.72. The maximum atomic E-state index is 4.16. The third kappa shape index (κ3) is 0.912. The zero-order valence-corrected chi connectivity index (χ0v) is 6.23. The van der Waals surface area contributed by atoms with Gasteiger partial charge >= 0.3 is 42.3 Å². The molecule has 0 bridgehead atoms. The summed E-state index contributed by atoms with van der Waals surface area (Å²) in [6.45, 7) is 2.27. The van der Waals surface area contributed by atoms with Crippen molar-refractivity contribution in [3.63, 3.8) is 0 Å². The van der Waals surface area contributed by atoms with Crippen LogP contribution in [-0.4, -0.2) is 36.1 Å². The zero-order chi connectivity index (χ0) is 3.54. The van der Waals surface area contributed by atoms with Gasteiger partial charge in [-0.15, -0.1) is 0 Å². The molecule has 0 radical (unpaired) electrons. The third-order valence-corrected chi connectivity index (χ3v) is 3.17. The van der Waals surface area contributed by atoms with Gasteiger partial charge in [-0.1, -0.05) is 0 Å². The van der Waals surface area contributed by atoms with E-state index in [1.54, 1.807) is 0 Å². The van der Waals surface area contributed by atoms with Crippen LogP contribution in [0.1, 0.15) is 0 Å². The standard InChI is InChI=1S/C2H5N2.In/c3-1-2-4;/h3H,1-2H2;/q-1;+1. The van der Waals surface area contributed by atoms with E-state index in [0.717, 1.165) is 6.54 Å². The fourth-order valence-electron chi connectivity index (χ4n) is 0.323. The Morgan fingerprint density at radius 1 is 1.80 bits per heavy atom. The first-order valence-corrected chi connectivity index (χ1v) is 4.84. The molecular weight excluding hydrogens is 167 g/mol. The van der Waals surface area contributed by atoms with Gasteiger partial charge in [0, 0.05) is 0 Å². The number of hydrogen-bond acceptors (Lipinski definition) is 2. The Morgan fingerprint density at radius 3 is 3.00 bits per heavy atom. The van der Waals surface area contributed by atoms with Crippen molar-refractivity contribution >= 4 is 23.0 Å². The number of nitrogens with zero attached hydrogens (tertiary/aromatic N) is 1. The van der Waals surface area contributed by atoms with Crippen molar-refractivity contribution in [3.05, 3.63) is 0 Å². The normalized spacial score (nSPS) is 17.6. The van der Waals surface area contributed by atoms with Crippen molar-refractivity contribution in [2.24, 2.45) is 2.92 Å². The summed E-state index contributed by atoms with van der Waals surface area (Å²) in [7, 11) is 0. The van der Waals surface area contributed by atoms with E-state index in [0.29, 0.717) is 0 Å². The third-order valence-electron chi connectivity index (χ3n) is 0.568. The van der Waals surface area contributed by atoms with Gasteiger partial charge in [-0.25, -0.2) is 0 Å². The monoisotopic (exact) mass is 172 g/mol. The van der Waals surface area contributed by atoms with E-state index in [9.17, 15) is 0 Å². The van der Waals surface area contributed by atoms with Crippen LogP contribution in [0.5, 0.6) is 0 Å². The molecule has 26 valence electrons. The average Bonchev–Trinajstić information content (AvgIpc) is 1.76. The van der Waals surface area contributed by atoms with Crippen LogP contribution in [0.25, 0.3) is 0 Å². The molecule has 0 aromatic heterocycles. The maximum absolute atomic E-state index is 4.16. The Kier molecular flexibility index (Phi) is 1.31. The molecule has 0 atom stereocenters. The number of hydrogen-bond donors (Lipinski definition) is 1. The molecule has 1 aliphatic rings. The van der Waals surface area contributed by atoms with Crippen LogP contribution in [-0.2, 0) is 0 Å². The minimum atomic E-state index is -0.434. The van der Waals surface area contributed by atoms with Gasteiger partial charge in [0.1, 0.15) is 0 Å². The van der Waals surface area contributed by atoms with Crippen LogP contribution >= 0.6 is 0 Å². The Balaban J connectivity index is 2.32. The SMILES string of the molecule is C1C[NH][In]=[N]1. The molecule has 0 saturated carbocycles. The summed E-state index contributed by atoms with van der Waals surface area (Å²) in [6.07, 6.45) is 0. The van der Waals surface area contributed by atoms with Gasteiger partial charge in [0.25, 0.3) is 0 Å². The molecule has 0 unspecified atom stereocenters. The first-order chi connectivity index (χ1) is 2.50. The molecule has 0 aromatic carbocycles. The van der Waals surface area contributed by atoms with Crippen LogP contribution in [0, 0.1) is 0 Å². The van der Waals surface area contributed by atoms with Crippen molar-refractivity contribution < 1.29 is 0 Å². The van der Waals surface area contributed by atoms with Gasteiger partial charge in [0.05, 0.1) is 0 Å².